The molecule has 5 N–H and O–H groups in total. The van der Waals surface area contributed by atoms with Crippen molar-refractivity contribution < 1.29 is 14.7 Å². The van der Waals surface area contributed by atoms with Crippen LogP contribution in [-0.2, 0) is 12.8 Å². The molecule has 12 heteroatoms. The second-order valence-electron chi connectivity index (χ2n) is 7.63. The normalized spacial score (nSPS) is 12.1. The number of hydrogen-bond donors (Lipinski definition) is 5. The van der Waals surface area contributed by atoms with Crippen LogP contribution in [0.4, 0.5) is 38.8 Å². The third-order valence-electron chi connectivity index (χ3n) is 5.17. The average Bonchev–Trinajstić information content (AvgIpc) is 3.30. The highest BCUT2D eigenvalue weighted by atomic mass is 35.5. The van der Waals surface area contributed by atoms with Gasteiger partial charge in [0.2, 0.25) is 5.95 Å². The number of hydrogen-bond acceptors (Lipinski definition) is 8. The Labute approximate surface area is 208 Å². The van der Waals surface area contributed by atoms with Gasteiger partial charge in [0.1, 0.15) is 5.02 Å². The number of carbonyl (C=O) groups excluding carboxylic acids is 1. The molecule has 176 valence electrons. The van der Waals surface area contributed by atoms with Crippen molar-refractivity contribution in [3.05, 3.63) is 75.9 Å². The maximum atomic E-state index is 12.6. The Balaban J connectivity index is 1.44. The first kappa shape index (κ1) is 22.6. The van der Waals surface area contributed by atoms with Gasteiger partial charge in [-0.25, -0.2) is 19.6 Å². The zero-order chi connectivity index (χ0) is 24.4. The van der Waals surface area contributed by atoms with Crippen LogP contribution >= 0.6 is 22.9 Å². The molecule has 0 radical (unpaired) electrons. The highest BCUT2D eigenvalue weighted by Crippen LogP contribution is 2.29. The molecule has 0 unspecified atom stereocenters. The molecule has 0 aliphatic carbocycles. The first-order chi connectivity index (χ1) is 16.9. The molecule has 1 aliphatic heterocycles. The highest BCUT2D eigenvalue weighted by Gasteiger charge is 2.14. The van der Waals surface area contributed by atoms with E-state index in [4.69, 9.17) is 16.7 Å². The summed E-state index contributed by atoms with van der Waals surface area (Å²) < 4.78 is 0. The minimum atomic E-state index is -1.15. The van der Waals surface area contributed by atoms with E-state index in [-0.39, 0.29) is 10.8 Å². The Bertz CT molecular complexity index is 1440. The summed E-state index contributed by atoms with van der Waals surface area (Å²) in [5.74, 6) is -0.294. The van der Waals surface area contributed by atoms with Gasteiger partial charge in [-0.2, -0.15) is 4.98 Å². The van der Waals surface area contributed by atoms with Gasteiger partial charge in [-0.3, -0.25) is 5.32 Å². The third-order valence-corrected chi connectivity index (χ3v) is 6.20. The number of fused-ring (bicyclic) bond motifs is 6. The van der Waals surface area contributed by atoms with Crippen molar-refractivity contribution in [2.45, 2.75) is 12.8 Å². The topological polar surface area (TPSA) is 141 Å². The van der Waals surface area contributed by atoms with E-state index in [1.807, 2.05) is 30.3 Å². The summed E-state index contributed by atoms with van der Waals surface area (Å²) in [5.41, 5.74) is 4.07. The highest BCUT2D eigenvalue weighted by molar-refractivity contribution is 7.14. The van der Waals surface area contributed by atoms with Gasteiger partial charge in [0.05, 0.1) is 6.20 Å². The lowest BCUT2D eigenvalue weighted by Gasteiger charge is -2.14. The molecule has 3 heterocycles. The molecule has 0 saturated carbocycles. The molecule has 1 aliphatic rings. The lowest BCUT2D eigenvalue weighted by molar-refractivity contribution is 0.0691. The molecule has 2 aromatic heterocycles. The number of halogens is 1. The number of benzene rings is 2. The van der Waals surface area contributed by atoms with E-state index in [2.05, 4.69) is 36.2 Å². The number of nitrogens with zero attached hydrogens (tertiary/aromatic N) is 3. The zero-order valence-corrected chi connectivity index (χ0v) is 19.6. The van der Waals surface area contributed by atoms with Gasteiger partial charge in [0.25, 0.3) is 0 Å². The van der Waals surface area contributed by atoms with Crippen LogP contribution in [-0.4, -0.2) is 32.1 Å². The molecule has 0 atom stereocenters. The third kappa shape index (κ3) is 5.31. The molecular weight excluding hydrogens is 490 g/mol. The Kier molecular flexibility index (Phi) is 6.17. The minimum absolute atomic E-state index is 0.123. The molecule has 2 amide bonds. The van der Waals surface area contributed by atoms with Crippen LogP contribution in [0.5, 0.6) is 0 Å². The van der Waals surface area contributed by atoms with Crippen LogP contribution in [0.1, 0.15) is 21.6 Å². The summed E-state index contributed by atoms with van der Waals surface area (Å²) >= 11 is 7.34. The predicted molar refractivity (Wildman–Crippen MR) is 136 cm³/mol. The van der Waals surface area contributed by atoms with Gasteiger partial charge in [-0.15, -0.1) is 11.3 Å². The number of amides is 2. The van der Waals surface area contributed by atoms with Crippen LogP contribution in [0.2, 0.25) is 5.02 Å². The number of rotatable bonds is 3. The molecule has 5 rings (SSSR count). The van der Waals surface area contributed by atoms with Crippen molar-refractivity contribution in [1.82, 2.24) is 15.0 Å². The standard InChI is InChI=1S/C23H18ClN7O3S/c24-16-10-25-21-27-14-3-1-2-12(8-14)4-5-13-9-15(26-19(16)30-21)6-7-17(13)28-22(34)31-23-29-18(11-35-23)20(32)33/h1-3,6-11H,4-5H2,(H,32,33)(H2,25,26,27,30)(H2,28,29,31,34). The predicted octanol–water partition coefficient (Wildman–Crippen LogP) is 5.51. The van der Waals surface area contributed by atoms with Crippen LogP contribution in [0.15, 0.2) is 54.0 Å². The SMILES string of the molecule is O=C(Nc1nc(C(=O)O)cs1)Nc1ccc2cc1CCc1cccc(c1)Nc1ncc(Cl)c(n1)N2. The van der Waals surface area contributed by atoms with E-state index < -0.39 is 12.0 Å². The van der Waals surface area contributed by atoms with E-state index in [1.54, 1.807) is 12.1 Å². The Morgan fingerprint density at radius 2 is 1.89 bits per heavy atom. The van der Waals surface area contributed by atoms with Gasteiger partial charge in [-0.1, -0.05) is 23.7 Å². The monoisotopic (exact) mass is 507 g/mol. The van der Waals surface area contributed by atoms with Crippen molar-refractivity contribution in [3.8, 4) is 0 Å². The molecule has 0 saturated heterocycles. The van der Waals surface area contributed by atoms with Gasteiger partial charge >= 0.3 is 12.0 Å². The maximum absolute atomic E-state index is 12.6. The van der Waals surface area contributed by atoms with E-state index >= 15 is 0 Å². The molecule has 35 heavy (non-hydrogen) atoms. The molecule has 2 aromatic carbocycles. The van der Waals surface area contributed by atoms with E-state index in [0.717, 1.165) is 40.3 Å². The molecule has 4 aromatic rings. The van der Waals surface area contributed by atoms with E-state index in [9.17, 15) is 9.59 Å². The number of carboxylic acid groups (broad SMARTS) is 1. The first-order valence-corrected chi connectivity index (χ1v) is 11.7. The van der Waals surface area contributed by atoms with Gasteiger partial charge in [0, 0.05) is 22.4 Å². The van der Waals surface area contributed by atoms with E-state index in [0.29, 0.717) is 28.9 Å². The summed E-state index contributed by atoms with van der Waals surface area (Å²) in [6.07, 6.45) is 2.90. The second kappa shape index (κ2) is 9.57. The molecule has 0 fully saturated rings. The van der Waals surface area contributed by atoms with Gasteiger partial charge in [0.15, 0.2) is 16.6 Å². The lowest BCUT2D eigenvalue weighted by atomic mass is 10.0. The number of carboxylic acids is 1. The molecule has 0 spiro atoms. The average molecular weight is 508 g/mol. The molecular formula is C23H18ClN7O3S. The Morgan fingerprint density at radius 1 is 1.03 bits per heavy atom. The number of aromatic carboxylic acids is 1. The smallest absolute Gasteiger partial charge is 0.355 e. The van der Waals surface area contributed by atoms with Crippen LogP contribution < -0.4 is 21.3 Å². The van der Waals surface area contributed by atoms with Crippen molar-refractivity contribution in [3.63, 3.8) is 0 Å². The largest absolute Gasteiger partial charge is 0.476 e. The number of nitrogens with one attached hydrogen (secondary N) is 4. The quantitative estimate of drug-likeness (QED) is 0.244. The number of thiazole rings is 1. The van der Waals surface area contributed by atoms with E-state index in [1.165, 1.54) is 11.6 Å². The van der Waals surface area contributed by atoms with Crippen LogP contribution in [0.25, 0.3) is 0 Å². The summed E-state index contributed by atoms with van der Waals surface area (Å²) in [6.45, 7) is 0. The Hall–Kier alpha value is -4.22. The van der Waals surface area contributed by atoms with Crippen LogP contribution in [0, 0.1) is 0 Å². The number of urea groups is 1. The fourth-order valence-electron chi connectivity index (χ4n) is 3.54. The first-order valence-electron chi connectivity index (χ1n) is 10.5. The van der Waals surface area contributed by atoms with Crippen molar-refractivity contribution >= 4 is 68.9 Å². The summed E-state index contributed by atoms with van der Waals surface area (Å²) in [4.78, 5) is 36.2. The van der Waals surface area contributed by atoms with Crippen molar-refractivity contribution in [2.24, 2.45) is 0 Å². The zero-order valence-electron chi connectivity index (χ0n) is 18.0. The fourth-order valence-corrected chi connectivity index (χ4v) is 4.36. The molecule has 10 nitrogen and oxygen atoms in total. The summed E-state index contributed by atoms with van der Waals surface area (Å²) in [6, 6.07) is 12.9. The number of aryl methyl sites for hydroxylation is 2. The Morgan fingerprint density at radius 3 is 2.71 bits per heavy atom. The van der Waals surface area contributed by atoms with Crippen LogP contribution in [0.3, 0.4) is 0 Å². The summed E-state index contributed by atoms with van der Waals surface area (Å²) in [5, 5.41) is 22.8. The molecule has 6 bridgehead atoms. The lowest BCUT2D eigenvalue weighted by Crippen LogP contribution is -2.20. The number of aromatic nitrogens is 3. The van der Waals surface area contributed by atoms with Crippen molar-refractivity contribution in [2.75, 3.05) is 21.3 Å². The van der Waals surface area contributed by atoms with Gasteiger partial charge in [-0.05, 0) is 54.3 Å². The maximum Gasteiger partial charge on any atom is 0.355 e. The second-order valence-corrected chi connectivity index (χ2v) is 8.90. The fraction of sp³-hybridized carbons (Fsp3) is 0.0870. The van der Waals surface area contributed by atoms with Crippen molar-refractivity contribution in [1.29, 1.82) is 0 Å². The minimum Gasteiger partial charge on any atom is -0.476 e. The number of carbonyl (C=O) groups is 2. The summed E-state index contributed by atoms with van der Waals surface area (Å²) in [7, 11) is 0. The van der Waals surface area contributed by atoms with Gasteiger partial charge < -0.3 is 21.1 Å². The number of anilines is 6.